The number of rotatable bonds is 3. The normalized spacial score (nSPS) is 16.2. The number of methoxy groups -OCH3 is 1. The Morgan fingerprint density at radius 1 is 1.36 bits per heavy atom. The molecule has 128 valence electrons. The van der Waals surface area contributed by atoms with Gasteiger partial charge in [-0.3, -0.25) is 9.89 Å². The summed E-state index contributed by atoms with van der Waals surface area (Å²) in [6.45, 7) is 0.488. The first kappa shape index (κ1) is 15.8. The van der Waals surface area contributed by atoms with Crippen molar-refractivity contribution in [2.45, 2.75) is 12.3 Å². The summed E-state index contributed by atoms with van der Waals surface area (Å²) < 4.78 is 10.9. The van der Waals surface area contributed by atoms with Crippen molar-refractivity contribution >= 4 is 34.2 Å². The Labute approximate surface area is 149 Å². The summed E-state index contributed by atoms with van der Waals surface area (Å²) in [4.78, 5) is 12.8. The Morgan fingerprint density at radius 3 is 3.08 bits per heavy atom. The molecule has 1 atom stereocenters. The van der Waals surface area contributed by atoms with Crippen molar-refractivity contribution < 1.29 is 14.3 Å². The third-order valence-corrected chi connectivity index (χ3v) is 4.57. The van der Waals surface area contributed by atoms with Gasteiger partial charge in [-0.05, 0) is 42.8 Å². The van der Waals surface area contributed by atoms with Gasteiger partial charge in [-0.2, -0.15) is 5.10 Å². The number of nitrogens with zero attached hydrogens (tertiary/aromatic N) is 1. The lowest BCUT2D eigenvalue weighted by atomic mass is 9.92. The lowest BCUT2D eigenvalue weighted by Crippen LogP contribution is -2.26. The molecule has 6 nitrogen and oxygen atoms in total. The molecule has 2 aromatic carbocycles. The number of hydrogen-bond acceptors (Lipinski definition) is 4. The van der Waals surface area contributed by atoms with Crippen LogP contribution in [0.15, 0.2) is 36.4 Å². The topological polar surface area (TPSA) is 76.2 Å². The van der Waals surface area contributed by atoms with Gasteiger partial charge in [0.1, 0.15) is 11.5 Å². The van der Waals surface area contributed by atoms with Gasteiger partial charge in [0.05, 0.1) is 25.2 Å². The Bertz CT molecular complexity index is 954. The second-order valence-corrected chi connectivity index (χ2v) is 6.28. The summed E-state index contributed by atoms with van der Waals surface area (Å²) in [6.07, 6.45) is 0.588. The van der Waals surface area contributed by atoms with Crippen LogP contribution in [0.4, 0.5) is 5.82 Å². The van der Waals surface area contributed by atoms with Crippen molar-refractivity contribution in [2.75, 3.05) is 19.0 Å². The predicted molar refractivity (Wildman–Crippen MR) is 95.6 cm³/mol. The van der Waals surface area contributed by atoms with Crippen molar-refractivity contribution in [3.8, 4) is 11.5 Å². The minimum absolute atomic E-state index is 0.136. The fourth-order valence-electron chi connectivity index (χ4n) is 3.06. The number of ether oxygens (including phenoxy) is 2. The first-order valence-electron chi connectivity index (χ1n) is 7.91. The van der Waals surface area contributed by atoms with Crippen LogP contribution in [0.1, 0.15) is 17.9 Å². The Kier molecular flexibility index (Phi) is 3.97. The highest BCUT2D eigenvalue weighted by molar-refractivity contribution is 6.30. The van der Waals surface area contributed by atoms with Crippen molar-refractivity contribution in [1.82, 2.24) is 10.2 Å². The average molecular weight is 358 g/mol. The minimum Gasteiger partial charge on any atom is -0.497 e. The summed E-state index contributed by atoms with van der Waals surface area (Å²) >= 11 is 6.08. The van der Waals surface area contributed by atoms with E-state index >= 15 is 0 Å². The van der Waals surface area contributed by atoms with Gasteiger partial charge in [0.2, 0.25) is 5.91 Å². The lowest BCUT2D eigenvalue weighted by molar-refractivity contribution is -0.118. The highest BCUT2D eigenvalue weighted by Gasteiger charge is 2.28. The molecule has 0 saturated heterocycles. The molecule has 1 aliphatic heterocycles. The van der Waals surface area contributed by atoms with E-state index in [0.717, 1.165) is 16.5 Å². The quantitative estimate of drug-likeness (QED) is 0.748. The molecule has 7 heteroatoms. The van der Waals surface area contributed by atoms with Gasteiger partial charge in [-0.1, -0.05) is 11.6 Å². The molecule has 1 amide bonds. The number of nitrogens with one attached hydrogen (secondary N) is 2. The van der Waals surface area contributed by atoms with Crippen molar-refractivity contribution in [3.05, 3.63) is 47.0 Å². The van der Waals surface area contributed by atoms with Gasteiger partial charge in [0, 0.05) is 16.0 Å². The Balaban J connectivity index is 1.64. The average Bonchev–Trinajstić information content (AvgIpc) is 3.03. The largest absolute Gasteiger partial charge is 0.497 e. The van der Waals surface area contributed by atoms with Gasteiger partial charge < -0.3 is 14.8 Å². The maximum absolute atomic E-state index is 12.8. The number of amides is 1. The Morgan fingerprint density at radius 2 is 2.24 bits per heavy atom. The zero-order valence-corrected chi connectivity index (χ0v) is 14.3. The maximum atomic E-state index is 12.8. The molecule has 2 N–H and O–H groups in total. The number of benzene rings is 2. The number of anilines is 1. The van der Waals surface area contributed by atoms with Crippen LogP contribution >= 0.6 is 11.6 Å². The fraction of sp³-hybridized carbons (Fsp3) is 0.222. The number of carbonyl (C=O) groups excluding carboxylic acids is 1. The monoisotopic (exact) mass is 357 g/mol. The molecule has 3 aromatic rings. The van der Waals surface area contributed by atoms with Crippen LogP contribution in [0.25, 0.3) is 10.9 Å². The van der Waals surface area contributed by atoms with Crippen LogP contribution in [-0.2, 0) is 4.79 Å². The number of carbonyl (C=O) groups is 1. The molecular weight excluding hydrogens is 342 g/mol. The first-order chi connectivity index (χ1) is 12.2. The summed E-state index contributed by atoms with van der Waals surface area (Å²) in [5.74, 6) is 1.41. The molecule has 1 aliphatic rings. The standard InChI is InChI=1S/C18H16ClN3O3/c1-24-11-3-4-15-14(9-11)17(22-21-15)20-18(23)12-6-7-25-16-5-2-10(19)8-13(12)16/h2-5,8-9,12H,6-7H2,1H3,(H2,20,21,22,23). The van der Waals surface area contributed by atoms with Crippen LogP contribution < -0.4 is 14.8 Å². The second-order valence-electron chi connectivity index (χ2n) is 5.84. The zero-order valence-electron chi connectivity index (χ0n) is 13.5. The summed E-state index contributed by atoms with van der Waals surface area (Å²) in [5, 5.41) is 11.4. The van der Waals surface area contributed by atoms with Gasteiger partial charge in [0.15, 0.2) is 5.82 Å². The van der Waals surface area contributed by atoms with Crippen LogP contribution in [0.2, 0.25) is 5.02 Å². The van der Waals surface area contributed by atoms with Crippen molar-refractivity contribution in [1.29, 1.82) is 0 Å². The number of aromatic nitrogens is 2. The summed E-state index contributed by atoms with van der Waals surface area (Å²) in [5.41, 5.74) is 1.63. The molecule has 0 bridgehead atoms. The van der Waals surface area contributed by atoms with E-state index in [-0.39, 0.29) is 11.8 Å². The molecule has 1 unspecified atom stereocenters. The number of H-pyrrole nitrogens is 1. The molecule has 1 aromatic heterocycles. The van der Waals surface area contributed by atoms with E-state index < -0.39 is 0 Å². The number of aromatic amines is 1. The summed E-state index contributed by atoms with van der Waals surface area (Å²) in [6, 6.07) is 10.9. The van der Waals surface area contributed by atoms with E-state index in [1.165, 1.54) is 0 Å². The van der Waals surface area contributed by atoms with Gasteiger partial charge >= 0.3 is 0 Å². The zero-order chi connectivity index (χ0) is 17.4. The van der Waals surface area contributed by atoms with E-state index in [1.807, 2.05) is 18.2 Å². The van der Waals surface area contributed by atoms with Gasteiger partial charge in [-0.15, -0.1) is 0 Å². The molecule has 0 radical (unpaired) electrons. The lowest BCUT2D eigenvalue weighted by Gasteiger charge is -2.25. The summed E-state index contributed by atoms with van der Waals surface area (Å²) in [7, 11) is 1.60. The molecule has 0 saturated carbocycles. The second kappa shape index (κ2) is 6.29. The molecule has 0 spiro atoms. The molecule has 2 heterocycles. The van der Waals surface area contributed by atoms with E-state index in [9.17, 15) is 4.79 Å². The smallest absolute Gasteiger partial charge is 0.233 e. The Hall–Kier alpha value is -2.73. The highest BCUT2D eigenvalue weighted by atomic mass is 35.5. The number of halogens is 1. The third-order valence-electron chi connectivity index (χ3n) is 4.34. The van der Waals surface area contributed by atoms with E-state index in [1.54, 1.807) is 25.3 Å². The third kappa shape index (κ3) is 2.89. The minimum atomic E-state index is -0.334. The van der Waals surface area contributed by atoms with E-state index in [4.69, 9.17) is 21.1 Å². The number of fused-ring (bicyclic) bond motifs is 2. The van der Waals surface area contributed by atoms with Crippen LogP contribution in [0, 0.1) is 0 Å². The maximum Gasteiger partial charge on any atom is 0.233 e. The van der Waals surface area contributed by atoms with E-state index in [2.05, 4.69) is 15.5 Å². The van der Waals surface area contributed by atoms with Crippen LogP contribution in [0.5, 0.6) is 11.5 Å². The van der Waals surface area contributed by atoms with E-state index in [0.29, 0.717) is 35.4 Å². The SMILES string of the molecule is COc1ccc2[nH]nc(NC(=O)C3CCOc4ccc(Cl)cc43)c2c1. The predicted octanol–water partition coefficient (Wildman–Crippen LogP) is 3.73. The van der Waals surface area contributed by atoms with Crippen LogP contribution in [0.3, 0.4) is 0 Å². The van der Waals surface area contributed by atoms with Gasteiger partial charge in [0.25, 0.3) is 0 Å². The molecular formula is C18H16ClN3O3. The van der Waals surface area contributed by atoms with Gasteiger partial charge in [-0.25, -0.2) is 0 Å². The number of hydrogen-bond donors (Lipinski definition) is 2. The molecule has 4 rings (SSSR count). The van der Waals surface area contributed by atoms with Crippen molar-refractivity contribution in [2.24, 2.45) is 0 Å². The fourth-order valence-corrected chi connectivity index (χ4v) is 3.24. The van der Waals surface area contributed by atoms with Crippen molar-refractivity contribution in [3.63, 3.8) is 0 Å². The first-order valence-corrected chi connectivity index (χ1v) is 8.29. The molecule has 25 heavy (non-hydrogen) atoms. The highest BCUT2D eigenvalue weighted by Crippen LogP contribution is 2.36. The molecule has 0 aliphatic carbocycles. The van der Waals surface area contributed by atoms with Crippen LogP contribution in [-0.4, -0.2) is 29.8 Å². The molecule has 0 fully saturated rings.